The smallest absolute Gasteiger partial charge is 0.135 e. The van der Waals surface area contributed by atoms with Crippen LogP contribution in [0, 0.1) is 17.3 Å². The summed E-state index contributed by atoms with van der Waals surface area (Å²) < 4.78 is 0. The van der Waals surface area contributed by atoms with E-state index >= 15 is 0 Å². The van der Waals surface area contributed by atoms with Crippen LogP contribution in [0.5, 0.6) is 0 Å². The van der Waals surface area contributed by atoms with Crippen molar-refractivity contribution in [2.75, 3.05) is 0 Å². The zero-order valence-electron chi connectivity index (χ0n) is 8.68. The first-order chi connectivity index (χ1) is 5.46. The predicted octanol–water partition coefficient (Wildman–Crippen LogP) is 3.04. The van der Waals surface area contributed by atoms with Crippen LogP contribution in [0.1, 0.15) is 47.0 Å². The fourth-order valence-electron chi connectivity index (χ4n) is 2.18. The van der Waals surface area contributed by atoms with Crippen molar-refractivity contribution >= 4 is 5.78 Å². The monoisotopic (exact) mass is 168 g/mol. The molecule has 1 aliphatic carbocycles. The molecule has 0 spiro atoms. The molecule has 0 amide bonds. The molecule has 70 valence electrons. The Morgan fingerprint density at radius 3 is 2.33 bits per heavy atom. The Hall–Kier alpha value is -0.330. The van der Waals surface area contributed by atoms with Gasteiger partial charge in [-0.25, -0.2) is 0 Å². The van der Waals surface area contributed by atoms with Gasteiger partial charge in [-0.3, -0.25) is 4.79 Å². The van der Waals surface area contributed by atoms with Crippen molar-refractivity contribution in [3.8, 4) is 0 Å². The summed E-state index contributed by atoms with van der Waals surface area (Å²) in [4.78, 5) is 11.3. The molecule has 0 heterocycles. The van der Waals surface area contributed by atoms with Crippen molar-refractivity contribution in [2.24, 2.45) is 17.3 Å². The Bertz CT molecular complexity index is 183. The summed E-state index contributed by atoms with van der Waals surface area (Å²) in [6.07, 6.45) is 3.46. The van der Waals surface area contributed by atoms with Crippen molar-refractivity contribution in [3.05, 3.63) is 0 Å². The van der Waals surface area contributed by atoms with E-state index in [2.05, 4.69) is 20.8 Å². The van der Waals surface area contributed by atoms with Gasteiger partial charge < -0.3 is 0 Å². The Morgan fingerprint density at radius 1 is 1.50 bits per heavy atom. The summed E-state index contributed by atoms with van der Waals surface area (Å²) in [5.41, 5.74) is 0.00887. The molecule has 0 bridgehead atoms. The maximum absolute atomic E-state index is 11.3. The Kier molecular flexibility index (Phi) is 2.60. The van der Waals surface area contributed by atoms with E-state index in [1.165, 1.54) is 6.42 Å². The zero-order valence-corrected chi connectivity index (χ0v) is 8.68. The standard InChI is InChI=1S/C11H20O/c1-8(2)10-5-6-11(4,7-10)9(3)12/h8,10H,5-7H2,1-4H3/t10-,11+/m0/s1. The molecule has 0 unspecified atom stereocenters. The normalized spacial score (nSPS) is 35.9. The van der Waals surface area contributed by atoms with Gasteiger partial charge in [-0.2, -0.15) is 0 Å². The van der Waals surface area contributed by atoms with Gasteiger partial charge in [-0.15, -0.1) is 0 Å². The fraction of sp³-hybridized carbons (Fsp3) is 0.909. The summed E-state index contributed by atoms with van der Waals surface area (Å²) in [5.74, 6) is 1.90. The number of hydrogen-bond acceptors (Lipinski definition) is 1. The highest BCUT2D eigenvalue weighted by molar-refractivity contribution is 5.82. The second-order valence-corrected chi connectivity index (χ2v) is 4.86. The minimum absolute atomic E-state index is 0.00887. The highest BCUT2D eigenvalue weighted by Crippen LogP contribution is 2.44. The van der Waals surface area contributed by atoms with Gasteiger partial charge >= 0.3 is 0 Å². The first-order valence-electron chi connectivity index (χ1n) is 4.97. The van der Waals surface area contributed by atoms with E-state index in [1.54, 1.807) is 6.92 Å². The van der Waals surface area contributed by atoms with Crippen LogP contribution in [0.4, 0.5) is 0 Å². The molecule has 0 aromatic rings. The Balaban J connectivity index is 2.61. The average Bonchev–Trinajstić information content (AvgIpc) is 2.33. The van der Waals surface area contributed by atoms with E-state index in [1.807, 2.05) is 0 Å². The van der Waals surface area contributed by atoms with Crippen LogP contribution in [0.25, 0.3) is 0 Å². The lowest BCUT2D eigenvalue weighted by Crippen LogP contribution is -2.22. The van der Waals surface area contributed by atoms with E-state index in [4.69, 9.17) is 0 Å². The molecule has 0 radical (unpaired) electrons. The topological polar surface area (TPSA) is 17.1 Å². The van der Waals surface area contributed by atoms with E-state index in [0.29, 0.717) is 5.78 Å². The van der Waals surface area contributed by atoms with Crippen LogP contribution in [0.3, 0.4) is 0 Å². The third-order valence-electron chi connectivity index (χ3n) is 3.57. The highest BCUT2D eigenvalue weighted by Gasteiger charge is 2.39. The maximum atomic E-state index is 11.3. The second kappa shape index (κ2) is 3.20. The van der Waals surface area contributed by atoms with Gasteiger partial charge in [0.15, 0.2) is 0 Å². The third kappa shape index (κ3) is 1.70. The number of rotatable bonds is 2. The SMILES string of the molecule is CC(=O)[C@]1(C)CC[C@H](C(C)C)C1. The lowest BCUT2D eigenvalue weighted by atomic mass is 9.82. The lowest BCUT2D eigenvalue weighted by molar-refractivity contribution is -0.125. The van der Waals surface area contributed by atoms with Crippen molar-refractivity contribution in [1.29, 1.82) is 0 Å². The molecule has 1 aliphatic rings. The minimum atomic E-state index is 0.00887. The van der Waals surface area contributed by atoms with E-state index in [0.717, 1.165) is 24.7 Å². The number of hydrogen-bond donors (Lipinski definition) is 0. The van der Waals surface area contributed by atoms with Crippen LogP contribution in [0.15, 0.2) is 0 Å². The summed E-state index contributed by atoms with van der Waals surface area (Å²) >= 11 is 0. The molecule has 1 rings (SSSR count). The van der Waals surface area contributed by atoms with Gasteiger partial charge in [0.05, 0.1) is 0 Å². The molecule has 0 aliphatic heterocycles. The third-order valence-corrected chi connectivity index (χ3v) is 3.57. The first-order valence-corrected chi connectivity index (χ1v) is 4.97. The lowest BCUT2D eigenvalue weighted by Gasteiger charge is -2.21. The number of Topliss-reactive ketones (excluding diaryl/α,β-unsaturated/α-hetero) is 1. The quantitative estimate of drug-likeness (QED) is 0.619. The molecule has 1 nitrogen and oxygen atoms in total. The van der Waals surface area contributed by atoms with Gasteiger partial charge in [-0.05, 0) is 38.0 Å². The zero-order chi connectivity index (χ0) is 9.35. The molecule has 0 aromatic carbocycles. The molecule has 2 atom stereocenters. The molecule has 0 saturated heterocycles. The molecule has 0 aromatic heterocycles. The van der Waals surface area contributed by atoms with Gasteiger partial charge in [0.25, 0.3) is 0 Å². The largest absolute Gasteiger partial charge is 0.299 e. The average molecular weight is 168 g/mol. The molecule has 1 fully saturated rings. The van der Waals surface area contributed by atoms with E-state index in [9.17, 15) is 4.79 Å². The summed E-state index contributed by atoms with van der Waals surface area (Å²) in [7, 11) is 0. The van der Waals surface area contributed by atoms with Crippen molar-refractivity contribution in [1.82, 2.24) is 0 Å². The number of carbonyl (C=O) groups is 1. The van der Waals surface area contributed by atoms with Crippen molar-refractivity contribution in [3.63, 3.8) is 0 Å². The predicted molar refractivity (Wildman–Crippen MR) is 51.0 cm³/mol. The maximum Gasteiger partial charge on any atom is 0.135 e. The number of carbonyl (C=O) groups excluding carboxylic acids is 1. The number of ketones is 1. The summed E-state index contributed by atoms with van der Waals surface area (Å²) in [6.45, 7) is 8.38. The van der Waals surface area contributed by atoms with Gasteiger partial charge in [0, 0.05) is 5.41 Å². The fourth-order valence-corrected chi connectivity index (χ4v) is 2.18. The van der Waals surface area contributed by atoms with Gasteiger partial charge in [-0.1, -0.05) is 20.8 Å². The van der Waals surface area contributed by atoms with Gasteiger partial charge in [0.2, 0.25) is 0 Å². The van der Waals surface area contributed by atoms with Crippen LogP contribution in [-0.4, -0.2) is 5.78 Å². The molecular weight excluding hydrogens is 148 g/mol. The highest BCUT2D eigenvalue weighted by atomic mass is 16.1. The van der Waals surface area contributed by atoms with Crippen LogP contribution in [0.2, 0.25) is 0 Å². The molecule has 12 heavy (non-hydrogen) atoms. The molecule has 1 saturated carbocycles. The van der Waals surface area contributed by atoms with Crippen molar-refractivity contribution < 1.29 is 4.79 Å². The Labute approximate surface area is 75.5 Å². The van der Waals surface area contributed by atoms with E-state index < -0.39 is 0 Å². The van der Waals surface area contributed by atoms with Crippen molar-refractivity contribution in [2.45, 2.75) is 47.0 Å². The van der Waals surface area contributed by atoms with Gasteiger partial charge in [0.1, 0.15) is 5.78 Å². The molecule has 1 heteroatoms. The van der Waals surface area contributed by atoms with Crippen LogP contribution in [-0.2, 0) is 4.79 Å². The first kappa shape index (κ1) is 9.76. The van der Waals surface area contributed by atoms with E-state index in [-0.39, 0.29) is 5.41 Å². The summed E-state index contributed by atoms with van der Waals surface area (Å²) in [6, 6.07) is 0. The van der Waals surface area contributed by atoms with Crippen LogP contribution >= 0.6 is 0 Å². The Morgan fingerprint density at radius 2 is 2.08 bits per heavy atom. The van der Waals surface area contributed by atoms with Crippen LogP contribution < -0.4 is 0 Å². The second-order valence-electron chi connectivity index (χ2n) is 4.86. The summed E-state index contributed by atoms with van der Waals surface area (Å²) in [5, 5.41) is 0. The minimum Gasteiger partial charge on any atom is -0.299 e. The molecule has 0 N–H and O–H groups in total. The molecular formula is C11H20O.